The van der Waals surface area contributed by atoms with Crippen molar-refractivity contribution in [1.29, 1.82) is 0 Å². The molecule has 6 heteroatoms. The van der Waals surface area contributed by atoms with Gasteiger partial charge in [0.05, 0.1) is 12.7 Å². The zero-order chi connectivity index (χ0) is 12.8. The summed E-state index contributed by atoms with van der Waals surface area (Å²) in [6.45, 7) is 2.52. The number of hydrogen-bond acceptors (Lipinski definition) is 3. The second kappa shape index (κ2) is 8.55. The molecule has 0 aromatic heterocycles. The minimum Gasteiger partial charge on any atom is -0.497 e. The normalized spacial score (nSPS) is 11.3. The molecule has 1 aromatic carbocycles. The first kappa shape index (κ1) is 17.5. The van der Waals surface area contributed by atoms with E-state index in [0.29, 0.717) is 12.1 Å². The predicted molar refractivity (Wildman–Crippen MR) is 83.6 cm³/mol. The van der Waals surface area contributed by atoms with Crippen LogP contribution in [0.4, 0.5) is 0 Å². The molecule has 0 radical (unpaired) electrons. The van der Waals surface area contributed by atoms with Crippen molar-refractivity contribution in [2.24, 2.45) is 5.73 Å². The number of methoxy groups -OCH3 is 1. The number of hydrogen-bond donors (Lipinski definition) is 2. The van der Waals surface area contributed by atoms with Gasteiger partial charge in [-0.15, -0.1) is 12.4 Å². The lowest BCUT2D eigenvalue weighted by atomic mass is 10.2. The molecule has 0 bridgehead atoms. The van der Waals surface area contributed by atoms with Crippen LogP contribution in [-0.4, -0.2) is 25.6 Å². The third-order valence-corrected chi connectivity index (χ3v) is 3.20. The van der Waals surface area contributed by atoms with E-state index < -0.39 is 0 Å². The molecular weight excluding hydrogens is 367 g/mol. The molecule has 0 aliphatic rings. The van der Waals surface area contributed by atoms with Crippen LogP contribution in [0.1, 0.15) is 23.7 Å². The lowest BCUT2D eigenvalue weighted by molar-refractivity contribution is 0.0952. The van der Waals surface area contributed by atoms with Crippen LogP contribution in [0.3, 0.4) is 0 Å². The van der Waals surface area contributed by atoms with E-state index >= 15 is 0 Å². The maximum atomic E-state index is 11.8. The Bertz CT molecular complexity index is 400. The average molecular weight is 385 g/mol. The first-order valence-electron chi connectivity index (χ1n) is 5.42. The third kappa shape index (κ3) is 5.41. The second-order valence-corrected chi connectivity index (χ2v) is 5.03. The summed E-state index contributed by atoms with van der Waals surface area (Å²) in [7, 11) is 1.60. The van der Waals surface area contributed by atoms with E-state index in [1.807, 2.05) is 13.0 Å². The smallest absolute Gasteiger partial charge is 0.252 e. The van der Waals surface area contributed by atoms with Crippen LogP contribution < -0.4 is 15.8 Å². The number of nitrogens with one attached hydrogen (secondary N) is 1. The van der Waals surface area contributed by atoms with E-state index in [9.17, 15) is 4.79 Å². The Balaban J connectivity index is 0.00000289. The molecule has 1 aromatic rings. The molecule has 102 valence electrons. The molecule has 0 saturated heterocycles. The lowest BCUT2D eigenvalue weighted by Crippen LogP contribution is -2.29. The third-order valence-electron chi connectivity index (χ3n) is 2.31. The first-order valence-corrected chi connectivity index (χ1v) is 6.49. The minimum absolute atomic E-state index is 0. The standard InChI is InChI=1S/C12H17IN2O2.ClH/c1-8(14)5-6-15-12(16)10-4-3-9(17-2)7-11(10)13;/h3-4,7-8H,5-6,14H2,1-2H3,(H,15,16);1H. The summed E-state index contributed by atoms with van der Waals surface area (Å²) >= 11 is 2.12. The Morgan fingerprint density at radius 2 is 2.22 bits per heavy atom. The van der Waals surface area contributed by atoms with Crippen molar-refractivity contribution in [2.75, 3.05) is 13.7 Å². The summed E-state index contributed by atoms with van der Waals surface area (Å²) in [5, 5.41) is 2.84. The summed E-state index contributed by atoms with van der Waals surface area (Å²) in [4.78, 5) is 11.8. The van der Waals surface area contributed by atoms with Gasteiger partial charge >= 0.3 is 0 Å². The van der Waals surface area contributed by atoms with Crippen molar-refractivity contribution in [3.63, 3.8) is 0 Å². The molecule has 1 atom stereocenters. The highest BCUT2D eigenvalue weighted by Crippen LogP contribution is 2.19. The zero-order valence-corrected chi connectivity index (χ0v) is 13.4. The maximum absolute atomic E-state index is 11.8. The van der Waals surface area contributed by atoms with Gasteiger partial charge in [0.15, 0.2) is 0 Å². The maximum Gasteiger partial charge on any atom is 0.252 e. The molecule has 3 N–H and O–H groups in total. The van der Waals surface area contributed by atoms with E-state index in [-0.39, 0.29) is 24.4 Å². The highest BCUT2D eigenvalue weighted by Gasteiger charge is 2.10. The molecule has 0 heterocycles. The fourth-order valence-corrected chi connectivity index (χ4v) is 2.05. The Morgan fingerprint density at radius 3 is 2.72 bits per heavy atom. The summed E-state index contributed by atoms with van der Waals surface area (Å²) in [5.74, 6) is 0.680. The minimum atomic E-state index is -0.0716. The monoisotopic (exact) mass is 384 g/mol. The highest BCUT2D eigenvalue weighted by molar-refractivity contribution is 14.1. The second-order valence-electron chi connectivity index (χ2n) is 3.87. The zero-order valence-electron chi connectivity index (χ0n) is 10.4. The van der Waals surface area contributed by atoms with E-state index in [4.69, 9.17) is 10.5 Å². The molecule has 0 spiro atoms. The summed E-state index contributed by atoms with van der Waals surface area (Å²) in [6, 6.07) is 5.48. The fraction of sp³-hybridized carbons (Fsp3) is 0.417. The number of ether oxygens (including phenoxy) is 1. The van der Waals surface area contributed by atoms with Gasteiger partial charge in [0.25, 0.3) is 5.91 Å². The fourth-order valence-electron chi connectivity index (χ4n) is 1.32. The van der Waals surface area contributed by atoms with Crippen LogP contribution in [-0.2, 0) is 0 Å². The van der Waals surface area contributed by atoms with Gasteiger partial charge < -0.3 is 15.8 Å². The van der Waals surface area contributed by atoms with Crippen molar-refractivity contribution in [1.82, 2.24) is 5.32 Å². The lowest BCUT2D eigenvalue weighted by Gasteiger charge is -2.09. The number of carbonyl (C=O) groups is 1. The van der Waals surface area contributed by atoms with Gasteiger partial charge in [0, 0.05) is 16.2 Å². The first-order chi connectivity index (χ1) is 8.04. The van der Waals surface area contributed by atoms with Crippen molar-refractivity contribution >= 4 is 40.9 Å². The molecule has 0 aliphatic carbocycles. The molecule has 4 nitrogen and oxygen atoms in total. The summed E-state index contributed by atoms with van der Waals surface area (Å²) in [5.41, 5.74) is 6.28. The number of nitrogens with two attached hydrogens (primary N) is 1. The van der Waals surface area contributed by atoms with Crippen LogP contribution in [0, 0.1) is 3.57 Å². The Hall–Kier alpha value is -0.530. The van der Waals surface area contributed by atoms with E-state index in [1.165, 1.54) is 0 Å². The number of benzene rings is 1. The van der Waals surface area contributed by atoms with Crippen LogP contribution in [0.15, 0.2) is 18.2 Å². The Kier molecular flexibility index (Phi) is 8.30. The Morgan fingerprint density at radius 1 is 1.56 bits per heavy atom. The van der Waals surface area contributed by atoms with E-state index in [2.05, 4.69) is 27.9 Å². The van der Waals surface area contributed by atoms with Crippen LogP contribution in [0.5, 0.6) is 5.75 Å². The molecule has 18 heavy (non-hydrogen) atoms. The number of amides is 1. The summed E-state index contributed by atoms with van der Waals surface area (Å²) in [6.07, 6.45) is 0.776. The molecule has 1 amide bonds. The molecule has 0 aliphatic heterocycles. The van der Waals surface area contributed by atoms with Crippen molar-refractivity contribution < 1.29 is 9.53 Å². The van der Waals surface area contributed by atoms with Gasteiger partial charge in [0.2, 0.25) is 0 Å². The van der Waals surface area contributed by atoms with Gasteiger partial charge in [0.1, 0.15) is 5.75 Å². The van der Waals surface area contributed by atoms with Gasteiger partial charge in [-0.25, -0.2) is 0 Å². The van der Waals surface area contributed by atoms with Crippen LogP contribution >= 0.6 is 35.0 Å². The van der Waals surface area contributed by atoms with Crippen molar-refractivity contribution in [3.8, 4) is 5.75 Å². The van der Waals surface area contributed by atoms with Crippen molar-refractivity contribution in [3.05, 3.63) is 27.3 Å². The Labute approximate surface area is 127 Å². The summed E-state index contributed by atoms with van der Waals surface area (Å²) < 4.78 is 5.96. The highest BCUT2D eigenvalue weighted by atomic mass is 127. The number of carbonyl (C=O) groups excluding carboxylic acids is 1. The van der Waals surface area contributed by atoms with E-state index in [1.54, 1.807) is 19.2 Å². The van der Waals surface area contributed by atoms with Gasteiger partial charge in [-0.2, -0.15) is 0 Å². The van der Waals surface area contributed by atoms with Gasteiger partial charge in [-0.05, 0) is 54.1 Å². The predicted octanol–water partition coefficient (Wildman–Crippen LogP) is 2.19. The largest absolute Gasteiger partial charge is 0.497 e. The molecule has 1 rings (SSSR count). The average Bonchev–Trinajstić information content (AvgIpc) is 2.28. The van der Waals surface area contributed by atoms with Crippen LogP contribution in [0.2, 0.25) is 0 Å². The van der Waals surface area contributed by atoms with E-state index in [0.717, 1.165) is 15.7 Å². The number of halogens is 2. The molecule has 0 saturated carbocycles. The topological polar surface area (TPSA) is 64.3 Å². The number of rotatable bonds is 5. The van der Waals surface area contributed by atoms with Gasteiger partial charge in [-0.1, -0.05) is 0 Å². The molecular formula is C12H18ClIN2O2. The quantitative estimate of drug-likeness (QED) is 0.765. The van der Waals surface area contributed by atoms with Gasteiger partial charge in [-0.3, -0.25) is 4.79 Å². The molecule has 1 unspecified atom stereocenters. The van der Waals surface area contributed by atoms with Crippen molar-refractivity contribution in [2.45, 2.75) is 19.4 Å². The SMILES string of the molecule is COc1ccc(C(=O)NCCC(C)N)c(I)c1.Cl. The molecule has 0 fully saturated rings. The van der Waals surface area contributed by atoms with Crippen LogP contribution in [0.25, 0.3) is 0 Å².